The molecule has 3 aromatic rings. The highest BCUT2D eigenvalue weighted by atomic mass is 19.1. The fraction of sp³-hybridized carbons (Fsp3) is 0.364. The summed E-state index contributed by atoms with van der Waals surface area (Å²) in [6.45, 7) is 5.07. The second-order valence-corrected chi connectivity index (χ2v) is 7.26. The predicted octanol–water partition coefficient (Wildman–Crippen LogP) is 2.90. The maximum Gasteiger partial charge on any atom is 0.227 e. The van der Waals surface area contributed by atoms with E-state index in [0.29, 0.717) is 5.82 Å². The molecule has 0 bridgehead atoms. The van der Waals surface area contributed by atoms with Gasteiger partial charge in [0.15, 0.2) is 17.4 Å². The van der Waals surface area contributed by atoms with Gasteiger partial charge in [-0.3, -0.25) is 9.47 Å². The van der Waals surface area contributed by atoms with E-state index in [-0.39, 0.29) is 18.2 Å². The largest absolute Gasteiger partial charge is 0.483 e. The summed E-state index contributed by atoms with van der Waals surface area (Å²) in [7, 11) is 1.93. The predicted molar refractivity (Wildman–Crippen MR) is 111 cm³/mol. The summed E-state index contributed by atoms with van der Waals surface area (Å²) in [6.07, 6.45) is 1.07. The summed E-state index contributed by atoms with van der Waals surface area (Å²) < 4.78 is 21.2. The van der Waals surface area contributed by atoms with E-state index >= 15 is 0 Å². The highest BCUT2D eigenvalue weighted by Gasteiger charge is 2.22. The minimum absolute atomic E-state index is 0.182. The fourth-order valence-electron chi connectivity index (χ4n) is 3.56. The summed E-state index contributed by atoms with van der Waals surface area (Å²) in [5.41, 5.74) is 1.38. The highest BCUT2D eigenvalue weighted by molar-refractivity contribution is 5.32. The molecule has 1 aromatic heterocycles. The van der Waals surface area contributed by atoms with E-state index in [4.69, 9.17) is 4.74 Å². The molecule has 4 rings (SSSR count). The van der Waals surface area contributed by atoms with Crippen LogP contribution in [0.4, 0.5) is 10.3 Å². The zero-order valence-corrected chi connectivity index (χ0v) is 16.7. The van der Waals surface area contributed by atoms with Crippen LogP contribution in [-0.4, -0.2) is 52.4 Å². The normalized spacial score (nSPS) is 14.9. The van der Waals surface area contributed by atoms with Gasteiger partial charge in [-0.1, -0.05) is 42.5 Å². The Morgan fingerprint density at radius 3 is 2.41 bits per heavy atom. The van der Waals surface area contributed by atoms with Gasteiger partial charge in [0.2, 0.25) is 5.95 Å². The maximum atomic E-state index is 13.7. The summed E-state index contributed by atoms with van der Waals surface area (Å²) in [5, 5.41) is 8.58. The molecule has 0 atom stereocenters. The Morgan fingerprint density at radius 1 is 0.931 bits per heavy atom. The number of anilines is 1. The second-order valence-electron chi connectivity index (χ2n) is 7.26. The standard InChI is InChI=1S/C22H26FN5O/c1-26-21(17-29-20-10-6-5-9-19(20)23)24-25-22(26)28-15-13-27(14-16-28)12-11-18-7-3-2-4-8-18/h2-10H,11-17H2,1H3. The topological polar surface area (TPSA) is 46.4 Å². The van der Waals surface area contributed by atoms with Gasteiger partial charge in [0.25, 0.3) is 0 Å². The van der Waals surface area contributed by atoms with E-state index in [9.17, 15) is 4.39 Å². The first-order chi connectivity index (χ1) is 14.2. The molecule has 0 radical (unpaired) electrons. The van der Waals surface area contributed by atoms with E-state index in [0.717, 1.165) is 45.1 Å². The van der Waals surface area contributed by atoms with Crippen molar-refractivity contribution in [3.63, 3.8) is 0 Å². The molecule has 0 amide bonds. The minimum atomic E-state index is -0.374. The number of benzene rings is 2. The summed E-state index contributed by atoms with van der Waals surface area (Å²) >= 11 is 0. The van der Waals surface area contributed by atoms with Crippen LogP contribution in [0.15, 0.2) is 54.6 Å². The maximum absolute atomic E-state index is 13.7. The van der Waals surface area contributed by atoms with E-state index in [2.05, 4.69) is 50.3 Å². The monoisotopic (exact) mass is 395 g/mol. The minimum Gasteiger partial charge on any atom is -0.483 e. The summed E-state index contributed by atoms with van der Waals surface area (Å²) in [5.74, 6) is 1.36. The zero-order chi connectivity index (χ0) is 20.1. The zero-order valence-electron chi connectivity index (χ0n) is 16.7. The number of piperazine rings is 1. The van der Waals surface area contributed by atoms with E-state index in [1.807, 2.05) is 11.6 Å². The lowest BCUT2D eigenvalue weighted by molar-refractivity contribution is 0.258. The number of para-hydroxylation sites is 1. The van der Waals surface area contributed by atoms with Gasteiger partial charge in [0.1, 0.15) is 6.61 Å². The van der Waals surface area contributed by atoms with Crippen molar-refractivity contribution in [1.29, 1.82) is 0 Å². The lowest BCUT2D eigenvalue weighted by Gasteiger charge is -2.35. The molecular formula is C22H26FN5O. The molecule has 1 saturated heterocycles. The van der Waals surface area contributed by atoms with E-state index in [1.165, 1.54) is 11.6 Å². The summed E-state index contributed by atoms with van der Waals surface area (Å²) in [4.78, 5) is 4.74. The van der Waals surface area contributed by atoms with Crippen LogP contribution in [0.5, 0.6) is 5.75 Å². The molecule has 152 valence electrons. The van der Waals surface area contributed by atoms with Crippen LogP contribution >= 0.6 is 0 Å². The number of nitrogens with zero attached hydrogens (tertiary/aromatic N) is 5. The molecule has 6 nitrogen and oxygen atoms in total. The Labute approximate surface area is 170 Å². The van der Waals surface area contributed by atoms with Crippen molar-refractivity contribution in [2.45, 2.75) is 13.0 Å². The van der Waals surface area contributed by atoms with Crippen LogP contribution in [-0.2, 0) is 20.1 Å². The molecule has 0 unspecified atom stereocenters. The molecule has 2 heterocycles. The quantitative estimate of drug-likeness (QED) is 0.616. The Morgan fingerprint density at radius 2 is 1.66 bits per heavy atom. The van der Waals surface area contributed by atoms with Crippen molar-refractivity contribution < 1.29 is 9.13 Å². The first-order valence-electron chi connectivity index (χ1n) is 9.97. The highest BCUT2D eigenvalue weighted by Crippen LogP contribution is 2.19. The van der Waals surface area contributed by atoms with Gasteiger partial charge in [0.05, 0.1) is 0 Å². The Bertz CT molecular complexity index is 922. The number of hydrogen-bond donors (Lipinski definition) is 0. The van der Waals surface area contributed by atoms with Crippen LogP contribution < -0.4 is 9.64 Å². The van der Waals surface area contributed by atoms with Crippen LogP contribution in [0, 0.1) is 5.82 Å². The molecule has 1 aliphatic rings. The average Bonchev–Trinajstić information content (AvgIpc) is 3.13. The lowest BCUT2D eigenvalue weighted by atomic mass is 10.1. The van der Waals surface area contributed by atoms with Crippen molar-refractivity contribution >= 4 is 5.95 Å². The fourth-order valence-corrected chi connectivity index (χ4v) is 3.56. The second kappa shape index (κ2) is 9.05. The number of ether oxygens (including phenoxy) is 1. The van der Waals surface area contributed by atoms with Crippen molar-refractivity contribution in [2.75, 3.05) is 37.6 Å². The third-order valence-corrected chi connectivity index (χ3v) is 5.35. The summed E-state index contributed by atoms with van der Waals surface area (Å²) in [6, 6.07) is 17.0. The Hall–Kier alpha value is -2.93. The van der Waals surface area contributed by atoms with Crippen LogP contribution in [0.3, 0.4) is 0 Å². The van der Waals surface area contributed by atoms with Crippen LogP contribution in [0.2, 0.25) is 0 Å². The van der Waals surface area contributed by atoms with Crippen molar-refractivity contribution in [3.8, 4) is 5.75 Å². The van der Waals surface area contributed by atoms with Gasteiger partial charge in [-0.2, -0.15) is 0 Å². The third kappa shape index (κ3) is 4.74. The molecule has 1 aliphatic heterocycles. The van der Waals surface area contributed by atoms with Gasteiger partial charge < -0.3 is 9.64 Å². The molecule has 2 aromatic carbocycles. The number of halogens is 1. The lowest BCUT2D eigenvalue weighted by Crippen LogP contribution is -2.47. The molecule has 0 N–H and O–H groups in total. The molecule has 0 saturated carbocycles. The molecular weight excluding hydrogens is 369 g/mol. The molecule has 1 fully saturated rings. The van der Waals surface area contributed by atoms with Gasteiger partial charge >= 0.3 is 0 Å². The number of rotatable bonds is 7. The third-order valence-electron chi connectivity index (χ3n) is 5.35. The van der Waals surface area contributed by atoms with Crippen LogP contribution in [0.1, 0.15) is 11.4 Å². The average molecular weight is 395 g/mol. The van der Waals surface area contributed by atoms with Crippen molar-refractivity contribution in [2.24, 2.45) is 7.05 Å². The molecule has 7 heteroatoms. The smallest absolute Gasteiger partial charge is 0.227 e. The Kier molecular flexibility index (Phi) is 6.05. The SMILES string of the molecule is Cn1c(COc2ccccc2F)nnc1N1CCN(CCc2ccccc2)CC1. The molecule has 0 aliphatic carbocycles. The molecule has 0 spiro atoms. The van der Waals surface area contributed by atoms with Gasteiger partial charge in [-0.25, -0.2) is 4.39 Å². The number of hydrogen-bond acceptors (Lipinski definition) is 5. The number of aromatic nitrogens is 3. The van der Waals surface area contributed by atoms with Crippen LogP contribution in [0.25, 0.3) is 0 Å². The van der Waals surface area contributed by atoms with Crippen molar-refractivity contribution in [3.05, 3.63) is 71.8 Å². The van der Waals surface area contributed by atoms with Gasteiger partial charge in [-0.15, -0.1) is 10.2 Å². The Balaban J connectivity index is 1.29. The molecule has 29 heavy (non-hydrogen) atoms. The van der Waals surface area contributed by atoms with Gasteiger partial charge in [-0.05, 0) is 24.1 Å². The first kappa shape index (κ1) is 19.4. The first-order valence-corrected chi connectivity index (χ1v) is 9.97. The van der Waals surface area contributed by atoms with E-state index < -0.39 is 0 Å². The van der Waals surface area contributed by atoms with Crippen molar-refractivity contribution in [1.82, 2.24) is 19.7 Å². The van der Waals surface area contributed by atoms with Gasteiger partial charge in [0, 0.05) is 39.8 Å². The van der Waals surface area contributed by atoms with E-state index in [1.54, 1.807) is 18.2 Å².